The molecule has 2 aromatic rings. The van der Waals surface area contributed by atoms with E-state index in [1.54, 1.807) is 0 Å². The van der Waals surface area contributed by atoms with Gasteiger partial charge in [-0.15, -0.1) is 0 Å². The van der Waals surface area contributed by atoms with Crippen molar-refractivity contribution >= 4 is 6.29 Å². The molecule has 1 aliphatic carbocycles. The van der Waals surface area contributed by atoms with Gasteiger partial charge in [0.2, 0.25) is 0 Å². The number of carbonyl (C=O) groups is 1. The Kier molecular flexibility index (Phi) is 6.53. The van der Waals surface area contributed by atoms with E-state index in [0.29, 0.717) is 18.3 Å². The molecule has 1 fully saturated rings. The molecule has 1 unspecified atom stereocenters. The van der Waals surface area contributed by atoms with Gasteiger partial charge in [0.15, 0.2) is 6.29 Å². The van der Waals surface area contributed by atoms with Gasteiger partial charge >= 0.3 is 0 Å². The molecule has 0 saturated heterocycles. The SMILES string of the molecule is CCCc1c(C=O)nc(-c2ccc(OC3CC3)c(C)c2)n1CC(CF)C(C)C. The molecule has 3 rings (SSSR count). The van der Waals surface area contributed by atoms with Gasteiger partial charge in [0.05, 0.1) is 12.8 Å². The predicted octanol–water partition coefficient (Wildman–Crippen LogP) is 5.41. The Morgan fingerprint density at radius 1 is 1.36 bits per heavy atom. The summed E-state index contributed by atoms with van der Waals surface area (Å²) in [5.74, 6) is 1.75. The van der Waals surface area contributed by atoms with Gasteiger partial charge in [-0.2, -0.15) is 0 Å². The van der Waals surface area contributed by atoms with E-state index in [4.69, 9.17) is 4.74 Å². The zero-order chi connectivity index (χ0) is 20.3. The number of aryl methyl sites for hydroxylation is 1. The summed E-state index contributed by atoms with van der Waals surface area (Å²) < 4.78 is 21.7. The predicted molar refractivity (Wildman–Crippen MR) is 110 cm³/mol. The van der Waals surface area contributed by atoms with Crippen molar-refractivity contribution < 1.29 is 13.9 Å². The number of aldehydes is 1. The zero-order valence-electron chi connectivity index (χ0n) is 17.4. The van der Waals surface area contributed by atoms with E-state index in [-0.39, 0.29) is 18.5 Å². The maximum Gasteiger partial charge on any atom is 0.170 e. The van der Waals surface area contributed by atoms with Gasteiger partial charge in [0.1, 0.15) is 17.3 Å². The quantitative estimate of drug-likeness (QED) is 0.513. The molecule has 0 amide bonds. The Bertz CT molecular complexity index is 824. The largest absolute Gasteiger partial charge is 0.490 e. The van der Waals surface area contributed by atoms with Gasteiger partial charge in [-0.25, -0.2) is 4.98 Å². The highest BCUT2D eigenvalue weighted by Gasteiger charge is 2.25. The first-order valence-electron chi connectivity index (χ1n) is 10.4. The molecule has 1 aliphatic rings. The van der Waals surface area contributed by atoms with Crippen molar-refractivity contribution in [3.05, 3.63) is 35.2 Å². The van der Waals surface area contributed by atoms with Gasteiger partial charge in [0, 0.05) is 23.7 Å². The molecule has 5 heteroatoms. The fourth-order valence-corrected chi connectivity index (χ4v) is 3.47. The molecule has 152 valence electrons. The highest BCUT2D eigenvalue weighted by Crippen LogP contribution is 2.33. The Morgan fingerprint density at radius 3 is 2.64 bits per heavy atom. The highest BCUT2D eigenvalue weighted by molar-refractivity contribution is 5.76. The Hall–Kier alpha value is -2.17. The molecule has 1 aromatic carbocycles. The third kappa shape index (κ3) is 4.45. The maximum atomic E-state index is 13.7. The summed E-state index contributed by atoms with van der Waals surface area (Å²) in [6.07, 6.45) is 5.06. The standard InChI is InChI=1S/C23H31FN2O2/c1-5-6-21-20(14-27)25-23(26(21)13-18(12-24)15(2)3)17-7-10-22(16(4)11-17)28-19-8-9-19/h7,10-11,14-15,18-19H,5-6,8-9,12-13H2,1-4H3. The summed E-state index contributed by atoms with van der Waals surface area (Å²) in [7, 11) is 0. The number of rotatable bonds is 10. The molecule has 0 N–H and O–H groups in total. The van der Waals surface area contributed by atoms with Gasteiger partial charge in [-0.05, 0) is 55.9 Å². The van der Waals surface area contributed by atoms with Crippen LogP contribution in [-0.2, 0) is 13.0 Å². The molecule has 0 aliphatic heterocycles. The maximum absolute atomic E-state index is 13.7. The minimum atomic E-state index is -0.384. The number of halogens is 1. The fraction of sp³-hybridized carbons (Fsp3) is 0.565. The van der Waals surface area contributed by atoms with Crippen molar-refractivity contribution in [2.75, 3.05) is 6.67 Å². The van der Waals surface area contributed by atoms with Crippen LogP contribution in [0.4, 0.5) is 4.39 Å². The molecule has 1 atom stereocenters. The van der Waals surface area contributed by atoms with Crippen molar-refractivity contribution in [3.8, 4) is 17.1 Å². The Morgan fingerprint density at radius 2 is 2.11 bits per heavy atom. The van der Waals surface area contributed by atoms with Crippen LogP contribution in [0.25, 0.3) is 11.4 Å². The molecule has 4 nitrogen and oxygen atoms in total. The molecule has 0 radical (unpaired) electrons. The van der Waals surface area contributed by atoms with Crippen LogP contribution in [0.1, 0.15) is 61.8 Å². The summed E-state index contributed by atoms with van der Waals surface area (Å²) >= 11 is 0. The lowest BCUT2D eigenvalue weighted by atomic mass is 9.97. The third-order valence-electron chi connectivity index (χ3n) is 5.51. The smallest absolute Gasteiger partial charge is 0.170 e. The topological polar surface area (TPSA) is 44.1 Å². The number of hydrogen-bond acceptors (Lipinski definition) is 3. The Balaban J connectivity index is 2.03. The van der Waals surface area contributed by atoms with Crippen LogP contribution >= 0.6 is 0 Å². The fourth-order valence-electron chi connectivity index (χ4n) is 3.47. The minimum absolute atomic E-state index is 0.110. The van der Waals surface area contributed by atoms with Crippen LogP contribution in [-0.4, -0.2) is 28.6 Å². The van der Waals surface area contributed by atoms with Crippen LogP contribution < -0.4 is 4.74 Å². The highest BCUT2D eigenvalue weighted by atomic mass is 19.1. The van der Waals surface area contributed by atoms with Crippen molar-refractivity contribution in [3.63, 3.8) is 0 Å². The molecule has 28 heavy (non-hydrogen) atoms. The zero-order valence-corrected chi connectivity index (χ0v) is 17.4. The van der Waals surface area contributed by atoms with Crippen LogP contribution in [0.3, 0.4) is 0 Å². The monoisotopic (exact) mass is 386 g/mol. The van der Waals surface area contributed by atoms with Gasteiger partial charge in [-0.1, -0.05) is 27.2 Å². The van der Waals surface area contributed by atoms with Crippen molar-refractivity contribution in [1.82, 2.24) is 9.55 Å². The van der Waals surface area contributed by atoms with E-state index in [0.717, 1.165) is 60.4 Å². The van der Waals surface area contributed by atoms with E-state index in [1.165, 1.54) is 0 Å². The molecule has 0 spiro atoms. The van der Waals surface area contributed by atoms with Crippen LogP contribution in [0.5, 0.6) is 5.75 Å². The molecule has 1 saturated carbocycles. The second-order valence-electron chi connectivity index (χ2n) is 8.20. The van der Waals surface area contributed by atoms with Gasteiger partial charge in [-0.3, -0.25) is 9.18 Å². The van der Waals surface area contributed by atoms with Crippen LogP contribution in [0.15, 0.2) is 18.2 Å². The number of alkyl halides is 1. The number of ether oxygens (including phenoxy) is 1. The molecule has 0 bridgehead atoms. The van der Waals surface area contributed by atoms with Gasteiger partial charge in [0.25, 0.3) is 0 Å². The summed E-state index contributed by atoms with van der Waals surface area (Å²) in [4.78, 5) is 16.3. The first-order valence-corrected chi connectivity index (χ1v) is 10.4. The number of aromatic nitrogens is 2. The number of hydrogen-bond donors (Lipinski definition) is 0. The lowest BCUT2D eigenvalue weighted by molar-refractivity contribution is 0.111. The summed E-state index contributed by atoms with van der Waals surface area (Å²) in [5.41, 5.74) is 3.36. The normalized spacial score (nSPS) is 15.1. The number of carbonyl (C=O) groups excluding carboxylic acids is 1. The number of imidazole rings is 1. The van der Waals surface area contributed by atoms with Crippen molar-refractivity contribution in [1.29, 1.82) is 0 Å². The second kappa shape index (κ2) is 8.89. The minimum Gasteiger partial charge on any atom is -0.490 e. The van der Waals surface area contributed by atoms with E-state index in [9.17, 15) is 9.18 Å². The van der Waals surface area contributed by atoms with Crippen LogP contribution in [0.2, 0.25) is 0 Å². The number of benzene rings is 1. The van der Waals surface area contributed by atoms with Crippen LogP contribution in [0, 0.1) is 18.8 Å². The lowest BCUT2D eigenvalue weighted by Crippen LogP contribution is -2.20. The van der Waals surface area contributed by atoms with E-state index in [2.05, 4.69) is 22.5 Å². The molecular formula is C23H31FN2O2. The molecule has 1 aromatic heterocycles. The summed E-state index contributed by atoms with van der Waals surface area (Å²) in [5, 5.41) is 0. The van der Waals surface area contributed by atoms with Crippen molar-refractivity contribution in [2.45, 2.75) is 66.0 Å². The Labute approximate surface area is 167 Å². The van der Waals surface area contributed by atoms with E-state index < -0.39 is 0 Å². The van der Waals surface area contributed by atoms with E-state index in [1.807, 2.05) is 32.9 Å². The average molecular weight is 387 g/mol. The molecule has 1 heterocycles. The van der Waals surface area contributed by atoms with Crippen molar-refractivity contribution in [2.24, 2.45) is 11.8 Å². The summed E-state index contributed by atoms with van der Waals surface area (Å²) in [6, 6.07) is 6.03. The first-order chi connectivity index (χ1) is 13.5. The lowest BCUT2D eigenvalue weighted by Gasteiger charge is -2.21. The van der Waals surface area contributed by atoms with E-state index >= 15 is 0 Å². The number of nitrogens with zero attached hydrogens (tertiary/aromatic N) is 2. The van der Waals surface area contributed by atoms with Gasteiger partial charge < -0.3 is 9.30 Å². The first kappa shape index (κ1) is 20.6. The summed E-state index contributed by atoms with van der Waals surface area (Å²) in [6.45, 7) is 8.32. The molecular weight excluding hydrogens is 355 g/mol. The second-order valence-corrected chi connectivity index (χ2v) is 8.20. The third-order valence-corrected chi connectivity index (χ3v) is 5.51. The average Bonchev–Trinajstić information content (AvgIpc) is 3.42.